The fourth-order valence-electron chi connectivity index (χ4n) is 1.71. The van der Waals surface area contributed by atoms with Gasteiger partial charge >= 0.3 is 0 Å². The van der Waals surface area contributed by atoms with E-state index < -0.39 is 0 Å². The normalized spacial score (nSPS) is 14.1. The van der Waals surface area contributed by atoms with Crippen LogP contribution in [0.2, 0.25) is 0 Å². The average molecular weight is 227 g/mol. The first-order chi connectivity index (χ1) is 8.20. The van der Waals surface area contributed by atoms with Gasteiger partial charge in [0.25, 0.3) is 0 Å². The van der Waals surface area contributed by atoms with Crippen LogP contribution in [0.1, 0.15) is 36.0 Å². The predicted molar refractivity (Wildman–Crippen MR) is 64.0 cm³/mol. The van der Waals surface area contributed by atoms with Crippen LogP contribution in [0.5, 0.6) is 0 Å². The molecule has 0 spiro atoms. The molecule has 0 aromatic heterocycles. The van der Waals surface area contributed by atoms with Gasteiger partial charge in [0.2, 0.25) is 0 Å². The Balaban J connectivity index is 1.90. The van der Waals surface area contributed by atoms with E-state index in [1.54, 1.807) is 24.3 Å². The average Bonchev–Trinajstić information content (AvgIpc) is 3.20. The van der Waals surface area contributed by atoms with Crippen molar-refractivity contribution in [1.82, 2.24) is 0 Å². The van der Waals surface area contributed by atoms with E-state index in [2.05, 4.69) is 4.85 Å². The van der Waals surface area contributed by atoms with Gasteiger partial charge in [0.05, 0.1) is 6.57 Å². The molecule has 0 amide bonds. The Bertz CT molecular complexity index is 478. The van der Waals surface area contributed by atoms with Crippen molar-refractivity contribution < 1.29 is 9.59 Å². The van der Waals surface area contributed by atoms with Crippen LogP contribution in [0.4, 0.5) is 5.69 Å². The largest absolute Gasteiger partial charge is 0.299 e. The summed E-state index contributed by atoms with van der Waals surface area (Å²) in [5.41, 5.74) is 1.11. The summed E-state index contributed by atoms with van der Waals surface area (Å²) in [6, 6.07) is 6.56. The van der Waals surface area contributed by atoms with Crippen molar-refractivity contribution in [3.8, 4) is 0 Å². The number of rotatable bonds is 5. The highest BCUT2D eigenvalue weighted by atomic mass is 16.1. The molecule has 86 valence electrons. The predicted octanol–water partition coefficient (Wildman–Crippen LogP) is 3.18. The van der Waals surface area contributed by atoms with E-state index in [0.717, 1.165) is 12.8 Å². The molecule has 1 aliphatic rings. The second-order valence-corrected chi connectivity index (χ2v) is 4.32. The lowest BCUT2D eigenvalue weighted by Crippen LogP contribution is -2.05. The van der Waals surface area contributed by atoms with Crippen molar-refractivity contribution in [3.63, 3.8) is 0 Å². The molecule has 0 unspecified atom stereocenters. The van der Waals surface area contributed by atoms with Gasteiger partial charge in [-0.25, -0.2) is 4.85 Å². The number of nitrogens with zero attached hydrogens (tertiary/aromatic N) is 1. The fourth-order valence-corrected chi connectivity index (χ4v) is 1.71. The maximum absolute atomic E-state index is 11.8. The lowest BCUT2D eigenvalue weighted by Gasteiger charge is -2.00. The molecule has 1 saturated carbocycles. The molecule has 1 fully saturated rings. The van der Waals surface area contributed by atoms with Crippen molar-refractivity contribution in [2.24, 2.45) is 5.92 Å². The monoisotopic (exact) mass is 227 g/mol. The summed E-state index contributed by atoms with van der Waals surface area (Å²) in [6.07, 6.45) is 2.63. The lowest BCUT2D eigenvalue weighted by molar-refractivity contribution is -0.120. The van der Waals surface area contributed by atoms with Gasteiger partial charge in [-0.05, 0) is 12.8 Å². The Morgan fingerprint density at radius 2 is 1.82 bits per heavy atom. The van der Waals surface area contributed by atoms with Crippen LogP contribution < -0.4 is 0 Å². The summed E-state index contributed by atoms with van der Waals surface area (Å²) in [5.74, 6) is 0.430. The quantitative estimate of drug-likeness (QED) is 0.572. The Morgan fingerprint density at radius 3 is 2.35 bits per heavy atom. The molecule has 0 saturated heterocycles. The lowest BCUT2D eigenvalue weighted by atomic mass is 10.0. The molecular formula is C14H13NO2. The third kappa shape index (κ3) is 3.01. The molecule has 1 aromatic rings. The Morgan fingerprint density at radius 1 is 1.18 bits per heavy atom. The first-order valence-corrected chi connectivity index (χ1v) is 5.74. The maximum Gasteiger partial charge on any atom is 0.187 e. The van der Waals surface area contributed by atoms with Crippen LogP contribution in [0.3, 0.4) is 0 Å². The van der Waals surface area contributed by atoms with E-state index in [1.165, 1.54) is 0 Å². The summed E-state index contributed by atoms with van der Waals surface area (Å²) in [5, 5.41) is 0. The highest BCUT2D eigenvalue weighted by Crippen LogP contribution is 2.31. The van der Waals surface area contributed by atoms with Gasteiger partial charge in [-0.3, -0.25) is 9.59 Å². The molecule has 0 N–H and O–H groups in total. The van der Waals surface area contributed by atoms with E-state index in [4.69, 9.17) is 6.57 Å². The zero-order valence-corrected chi connectivity index (χ0v) is 9.48. The molecule has 2 rings (SSSR count). The summed E-state index contributed by atoms with van der Waals surface area (Å²) >= 11 is 0. The number of benzene rings is 1. The van der Waals surface area contributed by atoms with Gasteiger partial charge in [-0.15, -0.1) is 0 Å². The molecule has 0 aliphatic heterocycles. The minimum absolute atomic E-state index is 0.0180. The summed E-state index contributed by atoms with van der Waals surface area (Å²) in [4.78, 5) is 26.5. The van der Waals surface area contributed by atoms with Crippen LogP contribution in [0, 0.1) is 12.5 Å². The van der Waals surface area contributed by atoms with E-state index in [0.29, 0.717) is 17.7 Å². The van der Waals surface area contributed by atoms with Crippen LogP contribution >= 0.6 is 0 Å². The molecule has 0 radical (unpaired) electrons. The number of carbonyl (C=O) groups is 2. The van der Waals surface area contributed by atoms with Crippen LogP contribution in [0.15, 0.2) is 24.3 Å². The molecule has 1 aliphatic carbocycles. The van der Waals surface area contributed by atoms with Crippen LogP contribution in [-0.4, -0.2) is 11.6 Å². The molecule has 3 heteroatoms. The molecule has 0 heterocycles. The number of carbonyl (C=O) groups excluding carboxylic acids is 2. The van der Waals surface area contributed by atoms with Gasteiger partial charge < -0.3 is 0 Å². The van der Waals surface area contributed by atoms with Crippen molar-refractivity contribution in [1.29, 1.82) is 0 Å². The number of hydrogen-bond acceptors (Lipinski definition) is 2. The highest BCUT2D eigenvalue weighted by Gasteiger charge is 2.29. The first kappa shape index (κ1) is 11.5. The smallest absolute Gasteiger partial charge is 0.187 e. The number of hydrogen-bond donors (Lipinski definition) is 0. The Hall–Kier alpha value is -1.95. The molecule has 3 nitrogen and oxygen atoms in total. The highest BCUT2D eigenvalue weighted by molar-refractivity contribution is 5.98. The molecule has 1 aromatic carbocycles. The van der Waals surface area contributed by atoms with Crippen LogP contribution in [0.25, 0.3) is 4.85 Å². The van der Waals surface area contributed by atoms with Crippen molar-refractivity contribution in [2.45, 2.75) is 25.7 Å². The van der Waals surface area contributed by atoms with Gasteiger partial charge in [-0.1, -0.05) is 24.3 Å². The summed E-state index contributed by atoms with van der Waals surface area (Å²) < 4.78 is 0. The zero-order valence-electron chi connectivity index (χ0n) is 9.48. The van der Waals surface area contributed by atoms with E-state index in [9.17, 15) is 9.59 Å². The summed E-state index contributed by atoms with van der Waals surface area (Å²) in [6.45, 7) is 6.81. The minimum atomic E-state index is -0.0180. The van der Waals surface area contributed by atoms with Crippen LogP contribution in [-0.2, 0) is 4.79 Å². The Labute approximate surface area is 100 Å². The van der Waals surface area contributed by atoms with Gasteiger partial charge in [-0.2, -0.15) is 0 Å². The first-order valence-electron chi connectivity index (χ1n) is 5.74. The summed E-state index contributed by atoms with van der Waals surface area (Å²) in [7, 11) is 0. The standard InChI is InChI=1S/C14H13NO2/c1-15-12-6-4-11(5-7-12)14(17)9-8-13(16)10-2-3-10/h4-7,10H,2-3,8-9H2. The van der Waals surface area contributed by atoms with E-state index in [1.807, 2.05) is 0 Å². The fraction of sp³-hybridized carbons (Fsp3) is 0.357. The van der Waals surface area contributed by atoms with Crippen molar-refractivity contribution in [2.75, 3.05) is 0 Å². The van der Waals surface area contributed by atoms with Crippen molar-refractivity contribution >= 4 is 17.3 Å². The number of ketones is 2. The maximum atomic E-state index is 11.8. The van der Waals surface area contributed by atoms with E-state index in [-0.39, 0.29) is 23.9 Å². The molecule has 17 heavy (non-hydrogen) atoms. The van der Waals surface area contributed by atoms with Gasteiger partial charge in [0.15, 0.2) is 11.5 Å². The topological polar surface area (TPSA) is 38.5 Å². The second kappa shape index (κ2) is 4.92. The third-order valence-electron chi connectivity index (χ3n) is 2.95. The van der Waals surface area contributed by atoms with Gasteiger partial charge in [0.1, 0.15) is 5.78 Å². The molecule has 0 atom stereocenters. The van der Waals surface area contributed by atoms with Crippen molar-refractivity contribution in [3.05, 3.63) is 41.2 Å². The molecular weight excluding hydrogens is 214 g/mol. The second-order valence-electron chi connectivity index (χ2n) is 4.32. The number of Topliss-reactive ketones (excluding diaryl/α,β-unsaturated/α-hetero) is 2. The SMILES string of the molecule is [C-]#[N+]c1ccc(C(=O)CCC(=O)C2CC2)cc1. The van der Waals surface area contributed by atoms with E-state index >= 15 is 0 Å². The van der Waals surface area contributed by atoms with Gasteiger partial charge in [0, 0.05) is 24.3 Å². The Kier molecular flexibility index (Phi) is 3.34. The zero-order chi connectivity index (χ0) is 12.3. The minimum Gasteiger partial charge on any atom is -0.299 e. The molecule has 0 bridgehead atoms. The third-order valence-corrected chi connectivity index (χ3v) is 2.95.